The predicted molar refractivity (Wildman–Crippen MR) is 361 cm³/mol. The van der Waals surface area contributed by atoms with Gasteiger partial charge in [-0.25, -0.2) is 0 Å². The summed E-state index contributed by atoms with van der Waals surface area (Å²) in [4.78, 5) is 0. The second-order valence-electron chi connectivity index (χ2n) is 22.9. The third-order valence-electron chi connectivity index (χ3n) is 14.4. The Labute approximate surface area is 491 Å². The molecule has 9 aromatic rings. The van der Waals surface area contributed by atoms with Gasteiger partial charge in [-0.2, -0.15) is 0 Å². The van der Waals surface area contributed by atoms with Crippen molar-refractivity contribution in [3.63, 3.8) is 0 Å². The molecule has 80 heavy (non-hydrogen) atoms. The molecule has 0 unspecified atom stereocenters. The third kappa shape index (κ3) is 30.4. The van der Waals surface area contributed by atoms with E-state index in [1.54, 1.807) is 0 Å². The summed E-state index contributed by atoms with van der Waals surface area (Å²) in [7, 11) is 0. The van der Waals surface area contributed by atoms with Crippen molar-refractivity contribution in [2.45, 2.75) is 180 Å². The molecule has 9 aromatic carbocycles. The average Bonchev–Trinajstić information content (AvgIpc) is 3.37. The fourth-order valence-corrected chi connectivity index (χ4v) is 8.34. The van der Waals surface area contributed by atoms with E-state index >= 15 is 0 Å². The maximum Gasteiger partial charge on any atom is -0.0392 e. The van der Waals surface area contributed by atoms with Crippen LogP contribution in [0.15, 0.2) is 170 Å². The molecule has 0 nitrogen and oxygen atoms in total. The van der Waals surface area contributed by atoms with Crippen molar-refractivity contribution < 1.29 is 0 Å². The molecule has 0 spiro atoms. The predicted octanol–water partition coefficient (Wildman–Crippen LogP) is 23.2. The lowest BCUT2D eigenvalue weighted by atomic mass is 10.0. The molecular formula is C80H106. The zero-order valence-corrected chi connectivity index (χ0v) is 55.2. The van der Waals surface area contributed by atoms with E-state index in [4.69, 9.17) is 0 Å². The van der Waals surface area contributed by atoms with Crippen LogP contribution in [-0.2, 0) is 0 Å². The van der Waals surface area contributed by atoms with E-state index in [1.807, 2.05) is 0 Å². The van der Waals surface area contributed by atoms with Gasteiger partial charge in [0.15, 0.2) is 0 Å². The van der Waals surface area contributed by atoms with Crippen molar-refractivity contribution in [2.75, 3.05) is 0 Å². The quantitative estimate of drug-likeness (QED) is 0.142. The highest BCUT2D eigenvalue weighted by Gasteiger charge is 1.98. The zero-order valence-electron chi connectivity index (χ0n) is 55.2. The summed E-state index contributed by atoms with van der Waals surface area (Å²) in [6.07, 6.45) is 0. The zero-order chi connectivity index (χ0) is 60.8. The Bertz CT molecular complexity index is 2940. The number of hydrogen-bond donors (Lipinski definition) is 0. The minimum atomic E-state index is 1.33. The summed E-state index contributed by atoms with van der Waals surface area (Å²) in [5, 5.41) is 0. The van der Waals surface area contributed by atoms with Gasteiger partial charge in [-0.3, -0.25) is 0 Å². The van der Waals surface area contributed by atoms with Gasteiger partial charge < -0.3 is 0 Å². The van der Waals surface area contributed by atoms with Crippen LogP contribution in [0.25, 0.3) is 0 Å². The van der Waals surface area contributed by atoms with Gasteiger partial charge in [-0.1, -0.05) is 231 Å². The van der Waals surface area contributed by atoms with Crippen molar-refractivity contribution >= 4 is 0 Å². The van der Waals surface area contributed by atoms with E-state index in [9.17, 15) is 0 Å². The summed E-state index contributed by atoms with van der Waals surface area (Å²) >= 11 is 0. The normalized spacial score (nSPS) is 9.62. The van der Waals surface area contributed by atoms with Gasteiger partial charge in [0, 0.05) is 0 Å². The summed E-state index contributed by atoms with van der Waals surface area (Å²) < 4.78 is 0. The molecule has 0 radical (unpaired) electrons. The van der Waals surface area contributed by atoms with Gasteiger partial charge in [-0.15, -0.1) is 0 Å². The molecule has 0 aliphatic rings. The molecule has 426 valence electrons. The lowest BCUT2D eigenvalue weighted by molar-refractivity contribution is 1.23. The third-order valence-corrected chi connectivity index (χ3v) is 14.4. The smallest absolute Gasteiger partial charge is 0.0392 e. The molecular weight excluding hydrogens is 961 g/mol. The first-order valence-corrected chi connectivity index (χ1v) is 28.7. The fourth-order valence-electron chi connectivity index (χ4n) is 8.34. The Hall–Kier alpha value is -7.02. The molecule has 0 aliphatic heterocycles. The molecule has 0 aromatic heterocycles. The molecule has 0 heteroatoms. The molecule has 0 saturated carbocycles. The van der Waals surface area contributed by atoms with Gasteiger partial charge >= 0.3 is 0 Å². The van der Waals surface area contributed by atoms with Crippen molar-refractivity contribution in [3.05, 3.63) is 315 Å². The average molecular weight is 1070 g/mol. The van der Waals surface area contributed by atoms with Gasteiger partial charge in [-0.05, 0) is 263 Å². The molecule has 0 saturated heterocycles. The van der Waals surface area contributed by atoms with Crippen LogP contribution in [0.2, 0.25) is 0 Å². The number of benzene rings is 9. The van der Waals surface area contributed by atoms with Crippen LogP contribution >= 0.6 is 0 Å². The van der Waals surface area contributed by atoms with Crippen LogP contribution < -0.4 is 0 Å². The van der Waals surface area contributed by atoms with Crippen molar-refractivity contribution in [3.8, 4) is 0 Å². The molecule has 0 N–H and O–H groups in total. The molecule has 0 bridgehead atoms. The Balaban J connectivity index is 0.000000450. The number of rotatable bonds is 0. The highest BCUT2D eigenvalue weighted by molar-refractivity contribution is 5.37. The summed E-state index contributed by atoms with van der Waals surface area (Å²) in [5.41, 5.74) is 35.6. The Morgan fingerprint density at radius 1 is 0.125 bits per heavy atom. The highest BCUT2D eigenvalue weighted by atomic mass is 14.0. The van der Waals surface area contributed by atoms with Crippen LogP contribution in [0.3, 0.4) is 0 Å². The lowest BCUT2D eigenvalue weighted by Crippen LogP contribution is -1.86. The number of aryl methyl sites for hydroxylation is 25. The Morgan fingerprint density at radius 2 is 0.325 bits per heavy atom. The van der Waals surface area contributed by atoms with Gasteiger partial charge in [0.05, 0.1) is 0 Å². The second-order valence-corrected chi connectivity index (χ2v) is 22.9. The maximum atomic E-state index is 2.24. The van der Waals surface area contributed by atoms with Gasteiger partial charge in [0.1, 0.15) is 0 Å². The van der Waals surface area contributed by atoms with E-state index in [2.05, 4.69) is 350 Å². The van der Waals surface area contributed by atoms with E-state index in [0.29, 0.717) is 0 Å². The van der Waals surface area contributed by atoms with E-state index in [-0.39, 0.29) is 0 Å². The van der Waals surface area contributed by atoms with Crippen LogP contribution in [0.5, 0.6) is 0 Å². The van der Waals surface area contributed by atoms with Crippen molar-refractivity contribution in [1.82, 2.24) is 0 Å². The topological polar surface area (TPSA) is 0 Å². The molecule has 0 fully saturated rings. The Morgan fingerprint density at radius 3 is 0.550 bits per heavy atom. The van der Waals surface area contributed by atoms with Crippen LogP contribution in [0.4, 0.5) is 0 Å². The maximum absolute atomic E-state index is 2.24. The van der Waals surface area contributed by atoms with Crippen molar-refractivity contribution in [2.24, 2.45) is 0 Å². The summed E-state index contributed by atoms with van der Waals surface area (Å²) in [6, 6.07) is 60.3. The van der Waals surface area contributed by atoms with E-state index < -0.39 is 0 Å². The largest absolute Gasteiger partial charge is 0.0620 e. The first-order chi connectivity index (χ1) is 37.4. The fraction of sp³-hybridized carbons (Fsp3) is 0.325. The van der Waals surface area contributed by atoms with E-state index in [0.717, 1.165) is 0 Å². The summed E-state index contributed by atoms with van der Waals surface area (Å²) in [6.45, 7) is 55.4. The van der Waals surface area contributed by atoms with Crippen LogP contribution in [0, 0.1) is 180 Å². The van der Waals surface area contributed by atoms with Gasteiger partial charge in [0.25, 0.3) is 0 Å². The van der Waals surface area contributed by atoms with Crippen LogP contribution in [-0.4, -0.2) is 0 Å². The molecule has 0 amide bonds. The molecule has 0 atom stereocenters. The SMILES string of the molecule is Cc1cc(C)c(C)c(C)c1.Cc1cc(C)c(C)cc1C.Cc1cc(C)cc(C)c1.Cc1ccc(C)c(C)c1.Cc1ccc(C)c(C)c1.Cc1ccc(C)c(C)c1.Cc1ccc(C)cc1.Cc1cccc(C)c1.Cc1ccccc1C. The molecule has 0 aliphatic carbocycles. The van der Waals surface area contributed by atoms with Gasteiger partial charge in [0.2, 0.25) is 0 Å². The molecule has 9 rings (SSSR count). The monoisotopic (exact) mass is 1070 g/mol. The second kappa shape index (κ2) is 37.0. The standard InChI is InChI=1S/2C10H14.4C9H12.3C8H10/c1-7-5-9(3)10(4)6-8(7)2;1-7-5-8(2)10(4)9(3)6-7;1-7-4-8(2)6-9(3)5-7;3*1-7-4-5-8(2)9(3)6-7;1-7-3-5-8(2)6-4-7;1-7-4-3-5-8(2)6-7;1-7-5-3-4-6-8(7)2/h2*5-6H,1-4H3;4*4-6H,1-3H3;3*3-6H,1-2H3. The number of hydrogen-bond acceptors (Lipinski definition) is 0. The molecule has 0 heterocycles. The lowest BCUT2D eigenvalue weighted by Gasteiger charge is -2.04. The minimum Gasteiger partial charge on any atom is -0.0620 e. The highest BCUT2D eigenvalue weighted by Crippen LogP contribution is 2.16. The van der Waals surface area contributed by atoms with E-state index in [1.165, 1.54) is 145 Å². The first-order valence-electron chi connectivity index (χ1n) is 28.7. The minimum absolute atomic E-state index is 1.33. The van der Waals surface area contributed by atoms with Crippen molar-refractivity contribution in [1.29, 1.82) is 0 Å². The first kappa shape index (κ1) is 71.0. The summed E-state index contributed by atoms with van der Waals surface area (Å²) in [5.74, 6) is 0. The Kier molecular flexibility index (Phi) is 32.8. The van der Waals surface area contributed by atoms with Crippen LogP contribution in [0.1, 0.15) is 145 Å².